The molecule has 1 aliphatic heterocycles. The lowest BCUT2D eigenvalue weighted by atomic mass is 9.87. The second-order valence-electron chi connectivity index (χ2n) is 4.41. The SMILES string of the molecule is CC(C)C1(C)C(=O)N=CN1c1ccccn1. The molecule has 1 aliphatic rings. The van der Waals surface area contributed by atoms with Gasteiger partial charge in [-0.25, -0.2) is 9.98 Å². The molecule has 0 aliphatic carbocycles. The molecule has 1 aromatic rings. The summed E-state index contributed by atoms with van der Waals surface area (Å²) in [6.07, 6.45) is 3.29. The van der Waals surface area contributed by atoms with Crippen molar-refractivity contribution in [1.82, 2.24) is 4.98 Å². The van der Waals surface area contributed by atoms with Crippen LogP contribution in [-0.2, 0) is 4.79 Å². The molecule has 4 nitrogen and oxygen atoms in total. The molecule has 0 spiro atoms. The second-order valence-corrected chi connectivity index (χ2v) is 4.41. The third-order valence-corrected chi connectivity index (χ3v) is 3.24. The van der Waals surface area contributed by atoms with Gasteiger partial charge in [-0.15, -0.1) is 0 Å². The van der Waals surface area contributed by atoms with Crippen LogP contribution in [0, 0.1) is 5.92 Å². The Morgan fingerprint density at radius 3 is 2.69 bits per heavy atom. The number of pyridine rings is 1. The number of amides is 1. The number of nitrogens with zero attached hydrogens (tertiary/aromatic N) is 3. The van der Waals surface area contributed by atoms with E-state index >= 15 is 0 Å². The molecule has 0 bridgehead atoms. The lowest BCUT2D eigenvalue weighted by Gasteiger charge is -2.35. The van der Waals surface area contributed by atoms with E-state index in [2.05, 4.69) is 9.98 Å². The van der Waals surface area contributed by atoms with Gasteiger partial charge in [-0.2, -0.15) is 0 Å². The lowest BCUT2D eigenvalue weighted by molar-refractivity contribution is -0.122. The Kier molecular flexibility index (Phi) is 2.50. The first-order chi connectivity index (χ1) is 7.56. The predicted octanol–water partition coefficient (Wildman–Crippen LogP) is 1.87. The minimum atomic E-state index is -0.617. The Hall–Kier alpha value is -1.71. The highest BCUT2D eigenvalue weighted by Gasteiger charge is 2.46. The van der Waals surface area contributed by atoms with Gasteiger partial charge in [0.1, 0.15) is 17.7 Å². The van der Waals surface area contributed by atoms with Gasteiger partial charge < -0.3 is 4.90 Å². The largest absolute Gasteiger partial charge is 0.301 e. The van der Waals surface area contributed by atoms with E-state index in [1.165, 1.54) is 0 Å². The number of anilines is 1. The van der Waals surface area contributed by atoms with Crippen LogP contribution in [0.25, 0.3) is 0 Å². The van der Waals surface area contributed by atoms with E-state index in [4.69, 9.17) is 0 Å². The van der Waals surface area contributed by atoms with Crippen molar-refractivity contribution in [2.75, 3.05) is 4.90 Å². The van der Waals surface area contributed by atoms with Gasteiger partial charge in [0.15, 0.2) is 0 Å². The number of carbonyl (C=O) groups is 1. The summed E-state index contributed by atoms with van der Waals surface area (Å²) in [5, 5.41) is 0. The van der Waals surface area contributed by atoms with E-state index in [-0.39, 0.29) is 11.8 Å². The Morgan fingerprint density at radius 1 is 1.38 bits per heavy atom. The molecule has 0 fully saturated rings. The summed E-state index contributed by atoms with van der Waals surface area (Å²) in [6, 6.07) is 5.64. The zero-order valence-electron chi connectivity index (χ0n) is 9.71. The highest BCUT2D eigenvalue weighted by Crippen LogP contribution is 2.32. The quantitative estimate of drug-likeness (QED) is 0.759. The van der Waals surface area contributed by atoms with E-state index in [9.17, 15) is 4.79 Å². The van der Waals surface area contributed by atoms with Crippen molar-refractivity contribution in [3.8, 4) is 0 Å². The van der Waals surface area contributed by atoms with Crippen LogP contribution < -0.4 is 4.90 Å². The monoisotopic (exact) mass is 217 g/mol. The zero-order valence-corrected chi connectivity index (χ0v) is 9.71. The number of aromatic nitrogens is 1. The Balaban J connectivity index is 2.43. The third kappa shape index (κ3) is 1.41. The molecule has 1 amide bonds. The fourth-order valence-corrected chi connectivity index (χ4v) is 1.78. The molecule has 0 saturated heterocycles. The molecular formula is C12H15N3O. The Morgan fingerprint density at radius 2 is 2.12 bits per heavy atom. The van der Waals surface area contributed by atoms with Gasteiger partial charge in [-0.1, -0.05) is 19.9 Å². The summed E-state index contributed by atoms with van der Waals surface area (Å²) in [6.45, 7) is 5.94. The maximum atomic E-state index is 11.9. The van der Waals surface area contributed by atoms with Crippen molar-refractivity contribution in [2.24, 2.45) is 10.9 Å². The van der Waals surface area contributed by atoms with Gasteiger partial charge >= 0.3 is 0 Å². The lowest BCUT2D eigenvalue weighted by Crippen LogP contribution is -2.51. The van der Waals surface area contributed by atoms with Gasteiger partial charge in [-0.3, -0.25) is 4.79 Å². The van der Waals surface area contributed by atoms with Crippen molar-refractivity contribution in [1.29, 1.82) is 0 Å². The van der Waals surface area contributed by atoms with E-state index in [0.29, 0.717) is 0 Å². The molecule has 1 aromatic heterocycles. The van der Waals surface area contributed by atoms with E-state index in [1.54, 1.807) is 12.5 Å². The molecule has 0 aromatic carbocycles. The first kappa shape index (κ1) is 10.8. The highest BCUT2D eigenvalue weighted by atomic mass is 16.2. The Bertz CT molecular complexity index is 427. The summed E-state index contributed by atoms with van der Waals surface area (Å²) >= 11 is 0. The maximum Gasteiger partial charge on any atom is 0.273 e. The molecule has 16 heavy (non-hydrogen) atoms. The van der Waals surface area contributed by atoms with Crippen molar-refractivity contribution in [3.05, 3.63) is 24.4 Å². The number of hydrogen-bond acceptors (Lipinski definition) is 3. The normalized spacial score (nSPS) is 24.5. The fraction of sp³-hybridized carbons (Fsp3) is 0.417. The molecule has 4 heteroatoms. The standard InChI is InChI=1S/C12H15N3O/c1-9(2)12(3)11(16)14-8-15(12)10-6-4-5-7-13-10/h4-9H,1-3H3. The average molecular weight is 217 g/mol. The molecule has 2 rings (SSSR count). The van der Waals surface area contributed by atoms with Crippen LogP contribution in [0.5, 0.6) is 0 Å². The smallest absolute Gasteiger partial charge is 0.273 e. The van der Waals surface area contributed by atoms with Crippen LogP contribution in [-0.4, -0.2) is 22.8 Å². The van der Waals surface area contributed by atoms with Crippen LogP contribution in [0.2, 0.25) is 0 Å². The summed E-state index contributed by atoms with van der Waals surface area (Å²) < 4.78 is 0. The summed E-state index contributed by atoms with van der Waals surface area (Å²) in [5.41, 5.74) is -0.617. The van der Waals surface area contributed by atoms with Gasteiger partial charge in [0.05, 0.1) is 0 Å². The third-order valence-electron chi connectivity index (χ3n) is 3.24. The van der Waals surface area contributed by atoms with Gasteiger partial charge in [0.2, 0.25) is 0 Å². The molecule has 0 N–H and O–H groups in total. The first-order valence-electron chi connectivity index (χ1n) is 5.36. The Labute approximate surface area is 95.0 Å². The van der Waals surface area contributed by atoms with Crippen LogP contribution >= 0.6 is 0 Å². The van der Waals surface area contributed by atoms with Crippen molar-refractivity contribution >= 4 is 18.1 Å². The summed E-state index contributed by atoms with van der Waals surface area (Å²) in [5.74, 6) is 0.825. The topological polar surface area (TPSA) is 45.6 Å². The fourth-order valence-electron chi connectivity index (χ4n) is 1.78. The average Bonchev–Trinajstić information content (AvgIpc) is 2.58. The molecule has 0 radical (unpaired) electrons. The minimum absolute atomic E-state index is 0.104. The number of aliphatic imine (C=N–C) groups is 1. The van der Waals surface area contributed by atoms with Crippen molar-refractivity contribution in [3.63, 3.8) is 0 Å². The number of carbonyl (C=O) groups excluding carboxylic acids is 1. The molecule has 84 valence electrons. The summed E-state index contributed by atoms with van der Waals surface area (Å²) in [7, 11) is 0. The predicted molar refractivity (Wildman–Crippen MR) is 63.5 cm³/mol. The molecule has 1 unspecified atom stereocenters. The van der Waals surface area contributed by atoms with Gasteiger partial charge in [-0.05, 0) is 25.0 Å². The number of hydrogen-bond donors (Lipinski definition) is 0. The van der Waals surface area contributed by atoms with Gasteiger partial charge in [0.25, 0.3) is 5.91 Å². The van der Waals surface area contributed by atoms with Gasteiger partial charge in [0, 0.05) is 6.20 Å². The van der Waals surface area contributed by atoms with Crippen LogP contribution in [0.15, 0.2) is 29.4 Å². The molecule has 0 saturated carbocycles. The van der Waals surface area contributed by atoms with Crippen LogP contribution in [0.4, 0.5) is 5.82 Å². The molecule has 2 heterocycles. The zero-order chi connectivity index (χ0) is 11.8. The van der Waals surface area contributed by atoms with E-state index in [0.717, 1.165) is 5.82 Å². The molecular weight excluding hydrogens is 202 g/mol. The van der Waals surface area contributed by atoms with Crippen LogP contribution in [0.1, 0.15) is 20.8 Å². The highest BCUT2D eigenvalue weighted by molar-refractivity contribution is 6.07. The van der Waals surface area contributed by atoms with E-state index < -0.39 is 5.54 Å². The van der Waals surface area contributed by atoms with Crippen molar-refractivity contribution < 1.29 is 4.79 Å². The minimum Gasteiger partial charge on any atom is -0.301 e. The first-order valence-corrected chi connectivity index (χ1v) is 5.36. The summed E-state index contributed by atoms with van der Waals surface area (Å²) in [4.78, 5) is 21.8. The van der Waals surface area contributed by atoms with Crippen molar-refractivity contribution in [2.45, 2.75) is 26.3 Å². The number of rotatable bonds is 2. The second kappa shape index (κ2) is 3.70. The van der Waals surface area contributed by atoms with E-state index in [1.807, 2.05) is 43.9 Å². The van der Waals surface area contributed by atoms with Crippen LogP contribution in [0.3, 0.4) is 0 Å². The maximum absolute atomic E-state index is 11.9. The molecule has 1 atom stereocenters.